The van der Waals surface area contributed by atoms with Gasteiger partial charge in [0, 0.05) is 10.0 Å². The minimum atomic E-state index is -0.666. The first kappa shape index (κ1) is 12.7. The van der Waals surface area contributed by atoms with Gasteiger partial charge in [0.1, 0.15) is 11.6 Å². The molecule has 3 nitrogen and oxygen atoms in total. The molecule has 0 radical (unpaired) electrons. The molecule has 0 fully saturated rings. The monoisotopic (exact) mass is 288 g/mol. The van der Waals surface area contributed by atoms with Crippen molar-refractivity contribution in [2.45, 2.75) is 6.92 Å². The first-order valence-corrected chi connectivity index (χ1v) is 5.36. The van der Waals surface area contributed by atoms with E-state index in [1.54, 1.807) is 6.92 Å². The van der Waals surface area contributed by atoms with Crippen molar-refractivity contribution in [3.05, 3.63) is 40.1 Å². The van der Waals surface area contributed by atoms with Gasteiger partial charge in [0.05, 0.1) is 12.7 Å². The summed E-state index contributed by atoms with van der Waals surface area (Å²) in [6.07, 6.45) is 0.907. The minimum absolute atomic E-state index is 0.208. The highest BCUT2D eigenvalue weighted by Crippen LogP contribution is 2.19. The first-order valence-electron chi connectivity index (χ1n) is 4.57. The quantitative estimate of drug-likeness (QED) is 0.528. The Morgan fingerprint density at radius 3 is 2.81 bits per heavy atom. The maximum atomic E-state index is 13.0. The molecule has 1 aromatic rings. The van der Waals surface area contributed by atoms with Crippen molar-refractivity contribution < 1.29 is 19.0 Å². The number of halogens is 2. The van der Waals surface area contributed by atoms with Gasteiger partial charge >= 0.3 is 5.97 Å². The maximum absolute atomic E-state index is 13.0. The fraction of sp³-hybridized carbons (Fsp3) is 0.182. The Balaban J connectivity index is 2.95. The lowest BCUT2D eigenvalue weighted by Gasteiger charge is -2.02. The van der Waals surface area contributed by atoms with E-state index < -0.39 is 11.8 Å². The van der Waals surface area contributed by atoms with Gasteiger partial charge in [-0.25, -0.2) is 9.18 Å². The van der Waals surface area contributed by atoms with Crippen LogP contribution in [0.4, 0.5) is 4.39 Å². The Hall–Kier alpha value is -1.36. The summed E-state index contributed by atoms with van der Waals surface area (Å²) in [5.74, 6) is -1.51. The van der Waals surface area contributed by atoms with Gasteiger partial charge in [0.25, 0.3) is 0 Å². The zero-order valence-electron chi connectivity index (χ0n) is 8.54. The van der Waals surface area contributed by atoms with E-state index in [-0.39, 0.29) is 17.9 Å². The van der Waals surface area contributed by atoms with Gasteiger partial charge in [-0.05, 0) is 25.1 Å². The molecule has 1 N–H and O–H groups in total. The molecule has 0 aliphatic rings. The van der Waals surface area contributed by atoms with Crippen molar-refractivity contribution in [1.29, 1.82) is 0 Å². The third-order valence-electron chi connectivity index (χ3n) is 1.70. The molecule has 0 aliphatic carbocycles. The van der Waals surface area contributed by atoms with Crippen LogP contribution in [0, 0.1) is 5.82 Å². The second-order valence-corrected chi connectivity index (χ2v) is 3.86. The fourth-order valence-electron chi connectivity index (χ4n) is 1.08. The van der Waals surface area contributed by atoms with Crippen LogP contribution in [-0.2, 0) is 9.53 Å². The molecule has 0 bridgehead atoms. The van der Waals surface area contributed by atoms with Gasteiger partial charge in [0.15, 0.2) is 0 Å². The summed E-state index contributed by atoms with van der Waals surface area (Å²) in [4.78, 5) is 11.0. The number of carbonyl (C=O) groups is 1. The van der Waals surface area contributed by atoms with Crippen LogP contribution in [0.1, 0.15) is 12.5 Å². The topological polar surface area (TPSA) is 46.5 Å². The van der Waals surface area contributed by atoms with Crippen molar-refractivity contribution in [2.75, 3.05) is 6.61 Å². The number of ether oxygens (including phenoxy) is 1. The number of aliphatic hydroxyl groups excluding tert-OH is 1. The van der Waals surface area contributed by atoms with Crippen LogP contribution in [-0.4, -0.2) is 17.7 Å². The highest BCUT2D eigenvalue weighted by Gasteiger charge is 2.06. The molecule has 0 heterocycles. The van der Waals surface area contributed by atoms with Crippen LogP contribution < -0.4 is 0 Å². The SMILES string of the molecule is CCOC(=O)C=C(O)c1cc(F)cc(Br)c1. The van der Waals surface area contributed by atoms with E-state index in [1.165, 1.54) is 12.1 Å². The van der Waals surface area contributed by atoms with Gasteiger partial charge in [-0.1, -0.05) is 15.9 Å². The van der Waals surface area contributed by atoms with Gasteiger partial charge in [0.2, 0.25) is 0 Å². The van der Waals surface area contributed by atoms with E-state index in [2.05, 4.69) is 20.7 Å². The lowest BCUT2D eigenvalue weighted by atomic mass is 10.2. The standard InChI is InChI=1S/C11H10BrFO3/c1-2-16-11(15)6-10(14)7-3-8(12)5-9(13)4-7/h3-6,14H,2H2,1H3. The van der Waals surface area contributed by atoms with Crippen LogP contribution in [0.25, 0.3) is 5.76 Å². The smallest absolute Gasteiger partial charge is 0.334 e. The van der Waals surface area contributed by atoms with Crippen molar-refractivity contribution in [3.8, 4) is 0 Å². The number of aliphatic hydroxyl groups is 1. The third kappa shape index (κ3) is 3.66. The third-order valence-corrected chi connectivity index (χ3v) is 2.16. The van der Waals surface area contributed by atoms with E-state index in [0.29, 0.717) is 4.47 Å². The van der Waals surface area contributed by atoms with Crippen LogP contribution in [0.5, 0.6) is 0 Å². The summed E-state index contributed by atoms with van der Waals surface area (Å²) in [7, 11) is 0. The molecule has 0 amide bonds. The van der Waals surface area contributed by atoms with Gasteiger partial charge in [-0.2, -0.15) is 0 Å². The summed E-state index contributed by atoms with van der Waals surface area (Å²) >= 11 is 3.08. The maximum Gasteiger partial charge on any atom is 0.334 e. The summed E-state index contributed by atoms with van der Waals surface area (Å²) in [5, 5.41) is 9.54. The predicted molar refractivity (Wildman–Crippen MR) is 61.3 cm³/mol. The Bertz CT molecular complexity index is 409. The van der Waals surface area contributed by atoms with Crippen LogP contribution in [0.2, 0.25) is 0 Å². The van der Waals surface area contributed by atoms with Crippen LogP contribution >= 0.6 is 15.9 Å². The summed E-state index contributed by atoms with van der Waals surface area (Å²) in [6.45, 7) is 1.87. The molecule has 16 heavy (non-hydrogen) atoms. The van der Waals surface area contributed by atoms with E-state index in [0.717, 1.165) is 12.1 Å². The zero-order valence-corrected chi connectivity index (χ0v) is 10.1. The lowest BCUT2D eigenvalue weighted by molar-refractivity contribution is -0.137. The highest BCUT2D eigenvalue weighted by atomic mass is 79.9. The van der Waals surface area contributed by atoms with Crippen molar-refractivity contribution in [1.82, 2.24) is 0 Å². The summed E-state index contributed by atoms with van der Waals surface area (Å²) in [5.41, 5.74) is 0.208. The van der Waals surface area contributed by atoms with Crippen LogP contribution in [0.3, 0.4) is 0 Å². The fourth-order valence-corrected chi connectivity index (χ4v) is 1.55. The molecule has 1 aromatic carbocycles. The Labute approximate surface area is 101 Å². The molecule has 0 atom stereocenters. The largest absolute Gasteiger partial charge is 0.507 e. The van der Waals surface area contributed by atoms with Crippen molar-refractivity contribution in [3.63, 3.8) is 0 Å². The molecule has 86 valence electrons. The molecule has 0 saturated carbocycles. The van der Waals surface area contributed by atoms with Gasteiger partial charge in [-0.15, -0.1) is 0 Å². The number of rotatable bonds is 3. The van der Waals surface area contributed by atoms with E-state index in [1.807, 2.05) is 0 Å². The average Bonchev–Trinajstić information content (AvgIpc) is 2.16. The van der Waals surface area contributed by atoms with Gasteiger partial charge in [-0.3, -0.25) is 0 Å². The van der Waals surface area contributed by atoms with E-state index in [4.69, 9.17) is 0 Å². The van der Waals surface area contributed by atoms with Gasteiger partial charge < -0.3 is 9.84 Å². The number of carbonyl (C=O) groups excluding carboxylic acids is 1. The van der Waals surface area contributed by atoms with Crippen molar-refractivity contribution >= 4 is 27.7 Å². The first-order chi connectivity index (χ1) is 7.52. The molecular formula is C11H10BrFO3. The molecule has 0 aromatic heterocycles. The predicted octanol–water partition coefficient (Wildman–Crippen LogP) is 3.05. The van der Waals surface area contributed by atoms with Crippen LogP contribution in [0.15, 0.2) is 28.7 Å². The molecule has 0 spiro atoms. The molecular weight excluding hydrogens is 279 g/mol. The summed E-state index contributed by atoms with van der Waals surface area (Å²) in [6, 6.07) is 3.87. The number of benzene rings is 1. The van der Waals surface area contributed by atoms with E-state index in [9.17, 15) is 14.3 Å². The minimum Gasteiger partial charge on any atom is -0.507 e. The number of hydrogen-bond donors (Lipinski definition) is 1. The second-order valence-electron chi connectivity index (χ2n) is 2.94. The van der Waals surface area contributed by atoms with Crippen molar-refractivity contribution in [2.24, 2.45) is 0 Å². The average molecular weight is 289 g/mol. The normalized spacial score (nSPS) is 11.3. The zero-order chi connectivity index (χ0) is 12.1. The Morgan fingerprint density at radius 2 is 2.25 bits per heavy atom. The Morgan fingerprint density at radius 1 is 1.56 bits per heavy atom. The number of hydrogen-bond acceptors (Lipinski definition) is 3. The molecule has 5 heteroatoms. The second kappa shape index (κ2) is 5.65. The van der Waals surface area contributed by atoms with E-state index >= 15 is 0 Å². The molecule has 0 unspecified atom stereocenters. The Kier molecular flexibility index (Phi) is 4.49. The molecule has 0 aliphatic heterocycles. The number of esters is 1. The highest BCUT2D eigenvalue weighted by molar-refractivity contribution is 9.10. The molecule has 1 rings (SSSR count). The lowest BCUT2D eigenvalue weighted by Crippen LogP contribution is -2.01. The molecule has 0 saturated heterocycles. The summed E-state index contributed by atoms with van der Waals surface area (Å²) < 4.78 is 18.1.